The number of hydrogen-bond donors (Lipinski definition) is 20. The topological polar surface area (TPSA) is 639 Å². The second kappa shape index (κ2) is 44.7. The Kier molecular flexibility index (Phi) is 35.9. The molecule has 0 radical (unpaired) electrons. The number of aldehydes is 1. The van der Waals surface area contributed by atoms with Gasteiger partial charge in [-0.25, -0.2) is 4.79 Å². The first-order chi connectivity index (χ1) is 54.0. The lowest BCUT2D eigenvalue weighted by Crippen LogP contribution is -2.62. The van der Waals surface area contributed by atoms with Crippen molar-refractivity contribution in [1.82, 2.24) is 74.1 Å². The molecule has 1 aromatic heterocycles. The van der Waals surface area contributed by atoms with E-state index in [1.165, 1.54) is 24.3 Å². The number of fused-ring (bicyclic) bond motifs is 1. The maximum absolute atomic E-state index is 14.8. The number of nitrogens with one attached hydrogen (secondary N) is 14. The molecule has 3 aromatic carbocycles. The minimum atomic E-state index is -2.66. The van der Waals surface area contributed by atoms with E-state index in [-0.39, 0.29) is 37.8 Å². The summed E-state index contributed by atoms with van der Waals surface area (Å²) in [6.07, 6.45) is -1.01. The number of para-hydroxylation sites is 2. The van der Waals surface area contributed by atoms with E-state index in [2.05, 4.69) is 70.4 Å². The molecular weight excluding hydrogens is 1500 g/mol. The summed E-state index contributed by atoms with van der Waals surface area (Å²) in [5.74, 6) is -26.4. The van der Waals surface area contributed by atoms with Crippen molar-refractivity contribution in [1.29, 1.82) is 0 Å². The highest BCUT2D eigenvalue weighted by Gasteiger charge is 2.42. The highest BCUT2D eigenvalue weighted by atomic mass is 16.5. The lowest BCUT2D eigenvalue weighted by molar-refractivity contribution is -0.155. The van der Waals surface area contributed by atoms with Crippen molar-refractivity contribution in [3.63, 3.8) is 0 Å². The fraction of sp³-hybridized carbons (Fsp3) is 0.446. The number of H-pyrrole nitrogens is 1. The molecule has 1 fully saturated rings. The van der Waals surface area contributed by atoms with Crippen molar-refractivity contribution in [2.24, 2.45) is 11.7 Å². The maximum Gasteiger partial charge on any atom is 0.337 e. The van der Waals surface area contributed by atoms with Crippen LogP contribution in [0, 0.1) is 5.92 Å². The number of aliphatic hydroxyl groups is 1. The zero-order valence-corrected chi connectivity index (χ0v) is 63.2. The van der Waals surface area contributed by atoms with Gasteiger partial charge in [-0.1, -0.05) is 74.9 Å². The second-order valence-corrected chi connectivity index (χ2v) is 26.9. The molecule has 0 spiro atoms. The van der Waals surface area contributed by atoms with E-state index in [0.717, 1.165) is 58.6 Å². The predicted molar refractivity (Wildman–Crippen MR) is 402 cm³/mol. The second-order valence-electron chi connectivity index (χ2n) is 26.9. The predicted octanol–water partition coefficient (Wildman–Crippen LogP) is -4.45. The van der Waals surface area contributed by atoms with Crippen LogP contribution in [0.15, 0.2) is 85.1 Å². The van der Waals surface area contributed by atoms with Gasteiger partial charge in [0.05, 0.1) is 39.0 Å². The number of Topliss-reactive ketones (excluding diaryl/α,β-unsaturated/α-hetero) is 1. The SMILES string of the molecule is CCCCc1ccc(/C(C)=C/C(=O)N[C@@H](Cc2c[nH]c3ccccc23)C(=O)N[C@H](C)C(=O)N[C@@H](CC(=O)O)C(=O)N[C@@H]2C(=O)NCC(=O)N[C@@H](CCCN)C(=O)N[C@@H](CC=O)C(=O)N[C@H](C)C(=O)N[C@@H](CC(=O)O)C(=O)NCC(=O)N[C@H](CO)C(=O)N[C@@H]([C@H](C)CC(=O)O)C(=O)NC(C(=O)c3ccccc3N)C(=O)O[C@@H]2C)cc1. The van der Waals surface area contributed by atoms with Gasteiger partial charge in [0.25, 0.3) is 0 Å². The quantitative estimate of drug-likeness (QED) is 0.00609. The van der Waals surface area contributed by atoms with Gasteiger partial charge in [-0.3, -0.25) is 81.5 Å². The number of carboxylic acids is 3. The Balaban J connectivity index is 1.56. The number of allylic oxidation sites excluding steroid dienone is 1. The van der Waals surface area contributed by atoms with Crippen LogP contribution in [0.5, 0.6) is 0 Å². The van der Waals surface area contributed by atoms with Gasteiger partial charge in [0.2, 0.25) is 76.8 Å². The Morgan fingerprint density at radius 2 is 1.25 bits per heavy atom. The number of carbonyl (C=O) groups excluding carboxylic acids is 16. The molecule has 1 aliphatic rings. The molecule has 4 aromatic rings. The van der Waals surface area contributed by atoms with Gasteiger partial charge in [-0.15, -0.1) is 0 Å². The van der Waals surface area contributed by atoms with Crippen molar-refractivity contribution in [3.8, 4) is 0 Å². The van der Waals surface area contributed by atoms with Gasteiger partial charge in [0, 0.05) is 47.3 Å². The van der Waals surface area contributed by atoms with E-state index in [9.17, 15) is 112 Å². The number of ketones is 1. The summed E-state index contributed by atoms with van der Waals surface area (Å²) in [5.41, 5.74) is 14.6. The van der Waals surface area contributed by atoms with Gasteiger partial charge >= 0.3 is 23.9 Å². The number of anilines is 1. The molecule has 2 heterocycles. The number of hydrogen-bond acceptors (Lipinski definition) is 23. The Bertz CT molecular complexity index is 4260. The minimum absolute atomic E-state index is 0.0311. The van der Waals surface area contributed by atoms with Crippen LogP contribution in [0.3, 0.4) is 0 Å². The standard InChI is InChI=1S/C74H96N16O24/c1-7-8-14-41-20-22-42(23-21-41)36(2)27-54(93)83-50(29-43-32-77-47-18-12-10-15-44(43)47)69(108)81-39(5)65(104)87-52(31-59(100)101)70(109)89-61-40(6)114-74(113)62(63(102)45-16-9-11-17-46(45)76)90-73(112)60(37(3)28-57(96)97)88-71(110)53(35-92)84-56(95)33-78-66(105)51(30-58(98)99)86-64(103)38(4)80-67(106)49(24-26-91)85-68(107)48(19-13-25-75)82-55(94)34-79-72(61)111/h9-12,15-18,20-23,26-27,32,37-40,48-53,60-62,77,92H,7-8,13-14,19,24-25,28-31,33-35,75-76H2,1-6H3,(H,78,105)(H,79,111)(H,80,106)(H,81,108)(H,82,94)(H,83,93)(H,84,95)(H,85,107)(H,86,103)(H,87,104)(H,88,110)(H,89,109)(H,90,112)(H,96,97)(H,98,99)(H,100,101)/b36-27+/t37-,38-,39-,40-,48+,49+,50+,51+,52+,53-,60+,61+,62?/m1/s1. The Morgan fingerprint density at radius 1 is 0.632 bits per heavy atom. The zero-order valence-electron chi connectivity index (χ0n) is 63.2. The van der Waals surface area contributed by atoms with Gasteiger partial charge in [-0.2, -0.15) is 0 Å². The Morgan fingerprint density at radius 3 is 1.87 bits per heavy atom. The van der Waals surface area contributed by atoms with E-state index in [4.69, 9.17) is 16.2 Å². The number of amides is 13. The third kappa shape index (κ3) is 28.4. The molecule has 5 rings (SSSR count). The smallest absolute Gasteiger partial charge is 0.337 e. The Labute approximate surface area is 652 Å². The van der Waals surface area contributed by atoms with Crippen LogP contribution in [-0.4, -0.2) is 237 Å². The lowest BCUT2D eigenvalue weighted by atomic mass is 9.95. The third-order valence-electron chi connectivity index (χ3n) is 17.8. The van der Waals surface area contributed by atoms with Crippen LogP contribution < -0.4 is 80.6 Å². The average molecular weight is 1590 g/mol. The maximum atomic E-state index is 14.8. The number of unbranched alkanes of at least 4 members (excludes halogenated alkanes) is 1. The van der Waals surface area contributed by atoms with Crippen LogP contribution in [-0.2, 0) is 104 Å². The monoisotopic (exact) mass is 1590 g/mol. The number of nitrogen functional groups attached to an aromatic ring is 1. The fourth-order valence-corrected chi connectivity index (χ4v) is 11.5. The average Bonchev–Trinajstić information content (AvgIpc) is 0.892. The number of aryl methyl sites for hydroxylation is 1. The van der Waals surface area contributed by atoms with Gasteiger partial charge in [0.15, 0.2) is 11.8 Å². The van der Waals surface area contributed by atoms with Gasteiger partial charge in [0.1, 0.15) is 72.8 Å². The van der Waals surface area contributed by atoms with Crippen molar-refractivity contribution < 1.29 is 116 Å². The van der Waals surface area contributed by atoms with Crippen molar-refractivity contribution >= 4 is 135 Å². The molecule has 616 valence electrons. The summed E-state index contributed by atoms with van der Waals surface area (Å²) < 4.78 is 5.65. The summed E-state index contributed by atoms with van der Waals surface area (Å²) in [6, 6.07) is -2.39. The number of carbonyl (C=O) groups is 19. The number of aliphatic carboxylic acids is 3. The number of carboxylic acid groups (broad SMARTS) is 3. The number of nitrogens with two attached hydrogens (primary N) is 2. The van der Waals surface area contributed by atoms with E-state index < -0.39 is 236 Å². The molecular formula is C74H96N16O24. The van der Waals surface area contributed by atoms with Crippen molar-refractivity contribution in [3.05, 3.63) is 107 Å². The first-order valence-electron chi connectivity index (χ1n) is 36.2. The van der Waals surface area contributed by atoms with Crippen LogP contribution >= 0.6 is 0 Å². The van der Waals surface area contributed by atoms with Gasteiger partial charge < -0.3 is 116 Å². The highest BCUT2D eigenvalue weighted by molar-refractivity contribution is 6.16. The normalized spacial score (nSPS) is 21.4. The van der Waals surface area contributed by atoms with Crippen molar-refractivity contribution in [2.45, 2.75) is 178 Å². The number of cyclic esters (lactones) is 1. The third-order valence-corrected chi connectivity index (χ3v) is 17.8. The molecule has 0 bridgehead atoms. The van der Waals surface area contributed by atoms with Crippen LogP contribution in [0.2, 0.25) is 0 Å². The van der Waals surface area contributed by atoms with Crippen LogP contribution in [0.25, 0.3) is 16.5 Å². The summed E-state index contributed by atoms with van der Waals surface area (Å²) in [5, 5.41) is 69.4. The molecule has 0 aliphatic carbocycles. The zero-order chi connectivity index (χ0) is 84.6. The highest BCUT2D eigenvalue weighted by Crippen LogP contribution is 2.22. The number of aromatic amines is 1. The number of benzene rings is 3. The molecule has 1 aliphatic heterocycles. The van der Waals surface area contributed by atoms with Crippen molar-refractivity contribution in [2.75, 3.05) is 32.0 Å². The summed E-state index contributed by atoms with van der Waals surface area (Å²) in [4.78, 5) is 263. The minimum Gasteiger partial charge on any atom is -0.481 e. The lowest BCUT2D eigenvalue weighted by Gasteiger charge is -2.29. The molecule has 22 N–H and O–H groups in total. The summed E-state index contributed by atoms with van der Waals surface area (Å²) in [6.45, 7) is 4.17. The number of rotatable bonds is 29. The molecule has 114 heavy (non-hydrogen) atoms. The van der Waals surface area contributed by atoms with Crippen LogP contribution in [0.4, 0.5) is 5.69 Å². The molecule has 1 unspecified atom stereocenters. The summed E-state index contributed by atoms with van der Waals surface area (Å²) >= 11 is 0. The first-order valence-corrected chi connectivity index (χ1v) is 36.2. The fourth-order valence-electron chi connectivity index (χ4n) is 11.5. The number of esters is 1. The van der Waals surface area contributed by atoms with E-state index >= 15 is 0 Å². The van der Waals surface area contributed by atoms with E-state index in [1.807, 2.05) is 34.9 Å². The van der Waals surface area contributed by atoms with Crippen LogP contribution in [0.1, 0.15) is 120 Å². The number of aliphatic hydroxyl groups excluding tert-OH is 1. The summed E-state index contributed by atoms with van der Waals surface area (Å²) in [7, 11) is 0. The molecule has 1 saturated heterocycles. The largest absolute Gasteiger partial charge is 0.481 e. The molecule has 40 nitrogen and oxygen atoms in total. The number of aromatic nitrogens is 1. The molecule has 40 heteroatoms. The van der Waals surface area contributed by atoms with Gasteiger partial charge in [-0.05, 0) is 106 Å². The van der Waals surface area contributed by atoms with E-state index in [0.29, 0.717) is 27.6 Å². The Hall–Kier alpha value is -13.0. The molecule has 0 saturated carbocycles. The molecule has 13 amide bonds. The number of ether oxygens (including phenoxy) is 1. The first kappa shape index (κ1) is 91.6. The van der Waals surface area contributed by atoms with E-state index in [1.54, 1.807) is 37.4 Å². The molecule has 13 atom stereocenters.